The molecule has 2 rings (SSSR count). The highest BCUT2D eigenvalue weighted by Gasteiger charge is 2.32. The van der Waals surface area contributed by atoms with Crippen LogP contribution in [-0.4, -0.2) is 27.5 Å². The first kappa shape index (κ1) is 17.7. The summed E-state index contributed by atoms with van der Waals surface area (Å²) in [6.45, 7) is 3.14. The molecule has 1 heterocycles. The molecule has 0 fully saturated rings. The third-order valence-electron chi connectivity index (χ3n) is 3.85. The second kappa shape index (κ2) is 7.25. The minimum Gasteiger partial charge on any atom is -0.480 e. The lowest BCUT2D eigenvalue weighted by molar-refractivity contribution is -0.147. The number of hydrogen-bond acceptors (Lipinski definition) is 4. The third-order valence-corrected chi connectivity index (χ3v) is 3.85. The summed E-state index contributed by atoms with van der Waals surface area (Å²) in [6, 6.07) is 6.16. The minimum atomic E-state index is -1.30. The Hall–Kier alpha value is -2.70. The number of aromatic nitrogens is 1. The molecule has 1 aromatic carbocycles. The molecule has 128 valence electrons. The molecule has 0 spiro atoms. The number of benzene rings is 1. The van der Waals surface area contributed by atoms with Crippen molar-refractivity contribution in [2.75, 3.05) is 0 Å². The fourth-order valence-corrected chi connectivity index (χ4v) is 2.10. The van der Waals surface area contributed by atoms with Crippen LogP contribution in [0.25, 0.3) is 11.3 Å². The minimum absolute atomic E-state index is 0.0279. The van der Waals surface area contributed by atoms with Crippen LogP contribution in [0.3, 0.4) is 0 Å². The number of nitrogens with one attached hydrogen (secondary N) is 1. The molecule has 2 N–H and O–H groups in total. The number of aliphatic carboxylic acids is 1. The second-order valence-corrected chi connectivity index (χ2v) is 5.64. The van der Waals surface area contributed by atoms with Gasteiger partial charge in [-0.05, 0) is 25.5 Å². The van der Waals surface area contributed by atoms with Gasteiger partial charge < -0.3 is 14.8 Å². The van der Waals surface area contributed by atoms with Gasteiger partial charge in [0.1, 0.15) is 11.4 Å². The molecule has 6 nitrogen and oxygen atoms in total. The maximum absolute atomic E-state index is 13.7. The first-order valence-corrected chi connectivity index (χ1v) is 7.59. The number of hydrogen-bond donors (Lipinski definition) is 2. The first-order valence-electron chi connectivity index (χ1n) is 7.59. The molecule has 0 bridgehead atoms. The summed E-state index contributed by atoms with van der Waals surface area (Å²) in [7, 11) is 0. The Morgan fingerprint density at radius 2 is 2.08 bits per heavy atom. The van der Waals surface area contributed by atoms with Gasteiger partial charge in [0.2, 0.25) is 5.91 Å². The fourth-order valence-electron chi connectivity index (χ4n) is 2.10. The van der Waals surface area contributed by atoms with Crippen molar-refractivity contribution < 1.29 is 23.5 Å². The zero-order chi connectivity index (χ0) is 17.7. The predicted octanol–water partition coefficient (Wildman–Crippen LogP) is 2.78. The van der Waals surface area contributed by atoms with E-state index < -0.39 is 23.2 Å². The Morgan fingerprint density at radius 3 is 2.71 bits per heavy atom. The highest BCUT2D eigenvalue weighted by Crippen LogP contribution is 2.23. The summed E-state index contributed by atoms with van der Waals surface area (Å²) in [4.78, 5) is 27.1. The zero-order valence-corrected chi connectivity index (χ0v) is 13.5. The van der Waals surface area contributed by atoms with Gasteiger partial charge in [-0.2, -0.15) is 0 Å². The molecule has 0 aliphatic rings. The number of nitrogens with zero attached hydrogens (tertiary/aromatic N) is 1. The van der Waals surface area contributed by atoms with Crippen LogP contribution in [0.15, 0.2) is 34.9 Å². The summed E-state index contributed by atoms with van der Waals surface area (Å²) in [5.74, 6) is -1.34. The summed E-state index contributed by atoms with van der Waals surface area (Å²) in [5.41, 5.74) is -1.00. The van der Waals surface area contributed by atoms with E-state index in [0.29, 0.717) is 5.56 Å². The van der Waals surface area contributed by atoms with Crippen molar-refractivity contribution in [3.8, 4) is 11.3 Å². The van der Waals surface area contributed by atoms with Gasteiger partial charge in [-0.15, -0.1) is 0 Å². The predicted molar refractivity (Wildman–Crippen MR) is 84.7 cm³/mol. The van der Waals surface area contributed by atoms with Gasteiger partial charge in [-0.25, -0.2) is 14.2 Å². The summed E-state index contributed by atoms with van der Waals surface area (Å²) < 4.78 is 19.1. The molecule has 0 saturated carbocycles. The number of halogens is 1. The average molecular weight is 334 g/mol. The molecule has 7 heteroatoms. The lowest BCUT2D eigenvalue weighted by Gasteiger charge is -2.24. The Labute approximate surface area is 138 Å². The van der Waals surface area contributed by atoms with Gasteiger partial charge in [0, 0.05) is 12.8 Å². The van der Waals surface area contributed by atoms with Crippen molar-refractivity contribution in [1.82, 2.24) is 10.3 Å². The number of carbonyl (C=O) groups excluding carboxylic acids is 1. The van der Waals surface area contributed by atoms with Gasteiger partial charge in [-0.1, -0.05) is 19.1 Å². The summed E-state index contributed by atoms with van der Waals surface area (Å²) in [6.07, 6.45) is 1.89. The van der Waals surface area contributed by atoms with Crippen LogP contribution in [0.4, 0.5) is 4.39 Å². The first-order chi connectivity index (χ1) is 11.4. The van der Waals surface area contributed by atoms with Gasteiger partial charge in [-0.3, -0.25) is 4.79 Å². The van der Waals surface area contributed by atoms with Crippen LogP contribution in [0, 0.1) is 5.82 Å². The van der Waals surface area contributed by atoms with E-state index in [2.05, 4.69) is 10.3 Å². The van der Waals surface area contributed by atoms with E-state index in [4.69, 9.17) is 9.52 Å². The molecule has 1 amide bonds. The van der Waals surface area contributed by atoms with Crippen LogP contribution in [0.5, 0.6) is 0 Å². The van der Waals surface area contributed by atoms with E-state index in [9.17, 15) is 14.0 Å². The number of rotatable bonds is 7. The lowest BCUT2D eigenvalue weighted by atomic mass is 9.99. The molecule has 1 aromatic heterocycles. The molecule has 0 saturated heterocycles. The molecule has 2 aromatic rings. The van der Waals surface area contributed by atoms with Crippen molar-refractivity contribution >= 4 is 11.9 Å². The number of oxazole rings is 1. The van der Waals surface area contributed by atoms with E-state index in [1.165, 1.54) is 19.2 Å². The van der Waals surface area contributed by atoms with E-state index in [1.54, 1.807) is 25.1 Å². The van der Waals surface area contributed by atoms with Crippen molar-refractivity contribution in [1.29, 1.82) is 0 Å². The number of amides is 1. The van der Waals surface area contributed by atoms with Crippen LogP contribution in [0.2, 0.25) is 0 Å². The molecule has 1 atom stereocenters. The Morgan fingerprint density at radius 1 is 1.38 bits per heavy atom. The molecule has 1 unspecified atom stereocenters. The SMILES string of the molecule is CCC(C)(NC(=O)CCc1ncc(-c2ccccc2F)o1)C(=O)O. The number of aryl methyl sites for hydroxylation is 1. The fraction of sp³-hybridized carbons (Fsp3) is 0.353. The monoisotopic (exact) mass is 334 g/mol. The Balaban J connectivity index is 1.97. The smallest absolute Gasteiger partial charge is 0.329 e. The van der Waals surface area contributed by atoms with Crippen LogP contribution < -0.4 is 5.32 Å². The van der Waals surface area contributed by atoms with E-state index in [-0.39, 0.29) is 30.9 Å². The van der Waals surface area contributed by atoms with Crippen molar-refractivity contribution in [2.24, 2.45) is 0 Å². The Bertz CT molecular complexity index is 744. The highest BCUT2D eigenvalue weighted by atomic mass is 19.1. The van der Waals surface area contributed by atoms with E-state index in [0.717, 1.165) is 0 Å². The highest BCUT2D eigenvalue weighted by molar-refractivity contribution is 5.86. The zero-order valence-electron chi connectivity index (χ0n) is 13.5. The largest absolute Gasteiger partial charge is 0.480 e. The average Bonchev–Trinajstić information content (AvgIpc) is 3.01. The molecular weight excluding hydrogens is 315 g/mol. The molecule has 0 aliphatic carbocycles. The van der Waals surface area contributed by atoms with Crippen molar-refractivity contribution in [2.45, 2.75) is 38.6 Å². The maximum atomic E-state index is 13.7. The van der Waals surface area contributed by atoms with E-state index >= 15 is 0 Å². The Kier molecular flexibility index (Phi) is 5.33. The normalized spacial score (nSPS) is 13.3. The van der Waals surface area contributed by atoms with Gasteiger partial charge >= 0.3 is 5.97 Å². The van der Waals surface area contributed by atoms with Gasteiger partial charge in [0.05, 0.1) is 11.8 Å². The topological polar surface area (TPSA) is 92.4 Å². The second-order valence-electron chi connectivity index (χ2n) is 5.64. The van der Waals surface area contributed by atoms with Gasteiger partial charge in [0.15, 0.2) is 11.7 Å². The molecule has 0 radical (unpaired) electrons. The molecule has 0 aliphatic heterocycles. The number of carbonyl (C=O) groups is 2. The lowest BCUT2D eigenvalue weighted by Crippen LogP contribution is -2.51. The number of carboxylic acid groups (broad SMARTS) is 1. The molecule has 24 heavy (non-hydrogen) atoms. The third kappa shape index (κ3) is 3.98. The van der Waals surface area contributed by atoms with Crippen molar-refractivity contribution in [3.63, 3.8) is 0 Å². The standard InChI is InChI=1S/C17H19FN2O4/c1-3-17(2,16(22)23)20-14(21)8-9-15-19-10-13(24-15)11-6-4-5-7-12(11)18/h4-7,10H,3,8-9H2,1-2H3,(H,20,21)(H,22,23). The number of carboxylic acids is 1. The summed E-state index contributed by atoms with van der Waals surface area (Å²) in [5, 5.41) is 11.6. The van der Waals surface area contributed by atoms with Crippen LogP contribution >= 0.6 is 0 Å². The van der Waals surface area contributed by atoms with E-state index in [1.807, 2.05) is 0 Å². The van der Waals surface area contributed by atoms with Gasteiger partial charge in [0.25, 0.3) is 0 Å². The van der Waals surface area contributed by atoms with Crippen LogP contribution in [0.1, 0.15) is 32.6 Å². The summed E-state index contributed by atoms with van der Waals surface area (Å²) >= 11 is 0. The maximum Gasteiger partial charge on any atom is 0.329 e. The van der Waals surface area contributed by atoms with Crippen molar-refractivity contribution in [3.05, 3.63) is 42.2 Å². The molecular formula is C17H19FN2O4. The quantitative estimate of drug-likeness (QED) is 0.812. The van der Waals surface area contributed by atoms with Crippen LogP contribution in [-0.2, 0) is 16.0 Å².